The van der Waals surface area contributed by atoms with Gasteiger partial charge in [-0.3, -0.25) is 4.79 Å². The second kappa shape index (κ2) is 3.14. The van der Waals surface area contributed by atoms with E-state index in [1.54, 1.807) is 12.4 Å². The Bertz CT molecular complexity index is 487. The van der Waals surface area contributed by atoms with Crippen molar-refractivity contribution in [2.45, 2.75) is 13.3 Å². The standard InChI is InChI=1S/C10H11N3O/c1-2-6-3-7-8(9(11)14)5-13-10(7)12-4-6/h3-5H,2H2,1H3,(H2,11,14)(H,12,13). The van der Waals surface area contributed by atoms with Crippen LogP contribution in [-0.2, 0) is 6.42 Å². The van der Waals surface area contributed by atoms with Crippen molar-refractivity contribution in [3.8, 4) is 0 Å². The molecule has 0 aliphatic carbocycles. The summed E-state index contributed by atoms with van der Waals surface area (Å²) < 4.78 is 0. The number of aromatic nitrogens is 2. The lowest BCUT2D eigenvalue weighted by Gasteiger charge is -1.96. The Balaban J connectivity index is 2.69. The van der Waals surface area contributed by atoms with Crippen LogP contribution in [0.1, 0.15) is 22.8 Å². The number of hydrogen-bond donors (Lipinski definition) is 2. The maximum absolute atomic E-state index is 11.1. The number of fused-ring (bicyclic) bond motifs is 1. The topological polar surface area (TPSA) is 71.8 Å². The van der Waals surface area contributed by atoms with E-state index in [0.29, 0.717) is 11.2 Å². The maximum atomic E-state index is 11.1. The molecular weight excluding hydrogens is 178 g/mol. The molecule has 0 atom stereocenters. The highest BCUT2D eigenvalue weighted by Crippen LogP contribution is 2.17. The number of nitrogens with zero attached hydrogens (tertiary/aromatic N) is 1. The third-order valence-corrected chi connectivity index (χ3v) is 2.26. The summed E-state index contributed by atoms with van der Waals surface area (Å²) >= 11 is 0. The highest BCUT2D eigenvalue weighted by atomic mass is 16.1. The van der Waals surface area contributed by atoms with Gasteiger partial charge in [0, 0.05) is 17.8 Å². The Morgan fingerprint density at radius 3 is 3.07 bits per heavy atom. The van der Waals surface area contributed by atoms with Crippen LogP contribution in [0.25, 0.3) is 11.0 Å². The molecule has 2 rings (SSSR count). The van der Waals surface area contributed by atoms with Crippen LogP contribution in [0.5, 0.6) is 0 Å². The first-order valence-corrected chi connectivity index (χ1v) is 4.48. The third-order valence-electron chi connectivity index (χ3n) is 2.26. The highest BCUT2D eigenvalue weighted by Gasteiger charge is 2.09. The van der Waals surface area contributed by atoms with Crippen LogP contribution in [-0.4, -0.2) is 15.9 Å². The monoisotopic (exact) mass is 189 g/mol. The van der Waals surface area contributed by atoms with E-state index in [-0.39, 0.29) is 0 Å². The van der Waals surface area contributed by atoms with E-state index >= 15 is 0 Å². The lowest BCUT2D eigenvalue weighted by molar-refractivity contribution is 0.100. The maximum Gasteiger partial charge on any atom is 0.250 e. The van der Waals surface area contributed by atoms with Crippen molar-refractivity contribution in [1.29, 1.82) is 0 Å². The van der Waals surface area contributed by atoms with Crippen LogP contribution in [0.15, 0.2) is 18.5 Å². The fourth-order valence-corrected chi connectivity index (χ4v) is 1.44. The quantitative estimate of drug-likeness (QED) is 0.745. The number of carbonyl (C=O) groups is 1. The zero-order valence-corrected chi connectivity index (χ0v) is 7.87. The number of aryl methyl sites for hydroxylation is 1. The van der Waals surface area contributed by atoms with Crippen molar-refractivity contribution in [2.75, 3.05) is 0 Å². The van der Waals surface area contributed by atoms with Crippen LogP contribution in [0.2, 0.25) is 0 Å². The normalized spacial score (nSPS) is 10.6. The number of pyridine rings is 1. The van der Waals surface area contributed by atoms with E-state index in [1.807, 2.05) is 13.0 Å². The van der Waals surface area contributed by atoms with Gasteiger partial charge < -0.3 is 10.7 Å². The van der Waals surface area contributed by atoms with Gasteiger partial charge in [0.2, 0.25) is 0 Å². The van der Waals surface area contributed by atoms with Crippen LogP contribution in [0, 0.1) is 0 Å². The smallest absolute Gasteiger partial charge is 0.250 e. The van der Waals surface area contributed by atoms with Gasteiger partial charge in [0.25, 0.3) is 5.91 Å². The molecule has 0 fully saturated rings. The molecule has 72 valence electrons. The van der Waals surface area contributed by atoms with Gasteiger partial charge in [-0.2, -0.15) is 0 Å². The third kappa shape index (κ3) is 1.25. The first-order chi connectivity index (χ1) is 6.72. The highest BCUT2D eigenvalue weighted by molar-refractivity contribution is 6.05. The van der Waals surface area contributed by atoms with Crippen LogP contribution in [0.3, 0.4) is 0 Å². The molecular formula is C10H11N3O. The van der Waals surface area contributed by atoms with E-state index < -0.39 is 5.91 Å². The number of nitrogens with one attached hydrogen (secondary N) is 1. The number of carbonyl (C=O) groups excluding carboxylic acids is 1. The Labute approximate surface area is 81.1 Å². The predicted molar refractivity (Wildman–Crippen MR) is 54.0 cm³/mol. The van der Waals surface area contributed by atoms with E-state index in [9.17, 15) is 4.79 Å². The number of rotatable bonds is 2. The van der Waals surface area contributed by atoms with Crippen LogP contribution >= 0.6 is 0 Å². The SMILES string of the molecule is CCc1cnc2[nH]cc(C(N)=O)c2c1. The van der Waals surface area contributed by atoms with Crippen molar-refractivity contribution in [2.24, 2.45) is 5.73 Å². The Morgan fingerprint density at radius 2 is 2.43 bits per heavy atom. The first-order valence-electron chi connectivity index (χ1n) is 4.48. The molecule has 2 heterocycles. The summed E-state index contributed by atoms with van der Waals surface area (Å²) in [4.78, 5) is 18.2. The number of aromatic amines is 1. The molecule has 0 saturated carbocycles. The summed E-state index contributed by atoms with van der Waals surface area (Å²) in [5, 5.41) is 0.803. The Kier molecular flexibility index (Phi) is 1.96. The molecule has 14 heavy (non-hydrogen) atoms. The van der Waals surface area contributed by atoms with Crippen LogP contribution in [0.4, 0.5) is 0 Å². The van der Waals surface area contributed by atoms with E-state index in [2.05, 4.69) is 9.97 Å². The number of amides is 1. The fourth-order valence-electron chi connectivity index (χ4n) is 1.44. The molecule has 4 heteroatoms. The summed E-state index contributed by atoms with van der Waals surface area (Å²) in [6, 6.07) is 1.94. The molecule has 0 saturated heterocycles. The van der Waals surface area contributed by atoms with Gasteiger partial charge in [-0.15, -0.1) is 0 Å². The van der Waals surface area contributed by atoms with E-state index in [1.165, 1.54) is 0 Å². The minimum atomic E-state index is -0.425. The summed E-state index contributed by atoms with van der Waals surface area (Å²) in [6.07, 6.45) is 4.29. The average Bonchev–Trinajstić information content (AvgIpc) is 2.59. The zero-order valence-electron chi connectivity index (χ0n) is 7.87. The lowest BCUT2D eigenvalue weighted by Crippen LogP contribution is -2.09. The minimum Gasteiger partial charge on any atom is -0.366 e. The molecule has 0 radical (unpaired) electrons. The molecule has 2 aromatic heterocycles. The van der Waals surface area contributed by atoms with Crippen molar-refractivity contribution >= 4 is 16.9 Å². The molecule has 0 aliphatic heterocycles. The number of H-pyrrole nitrogens is 1. The van der Waals surface area contributed by atoms with Crippen LogP contribution < -0.4 is 5.73 Å². The van der Waals surface area contributed by atoms with Crippen molar-refractivity contribution in [3.63, 3.8) is 0 Å². The van der Waals surface area contributed by atoms with Crippen molar-refractivity contribution in [1.82, 2.24) is 9.97 Å². The van der Waals surface area contributed by atoms with Crippen molar-refractivity contribution < 1.29 is 4.79 Å². The second-order valence-electron chi connectivity index (χ2n) is 3.16. The molecule has 0 unspecified atom stereocenters. The zero-order chi connectivity index (χ0) is 10.1. The average molecular weight is 189 g/mol. The molecule has 4 nitrogen and oxygen atoms in total. The number of hydrogen-bond acceptors (Lipinski definition) is 2. The second-order valence-corrected chi connectivity index (χ2v) is 3.16. The van der Waals surface area contributed by atoms with Gasteiger partial charge in [-0.05, 0) is 18.1 Å². The van der Waals surface area contributed by atoms with E-state index in [4.69, 9.17) is 5.73 Å². The molecule has 0 spiro atoms. The summed E-state index contributed by atoms with van der Waals surface area (Å²) in [5.41, 5.74) is 7.53. The van der Waals surface area contributed by atoms with Gasteiger partial charge in [0.1, 0.15) is 5.65 Å². The summed E-state index contributed by atoms with van der Waals surface area (Å²) in [7, 11) is 0. The Hall–Kier alpha value is -1.84. The molecule has 1 amide bonds. The Morgan fingerprint density at radius 1 is 1.64 bits per heavy atom. The van der Waals surface area contributed by atoms with E-state index in [0.717, 1.165) is 17.4 Å². The molecule has 3 N–H and O–H groups in total. The largest absolute Gasteiger partial charge is 0.366 e. The fraction of sp³-hybridized carbons (Fsp3) is 0.200. The molecule has 2 aromatic rings. The van der Waals surface area contributed by atoms with Gasteiger partial charge >= 0.3 is 0 Å². The minimum absolute atomic E-state index is 0.425. The van der Waals surface area contributed by atoms with Gasteiger partial charge in [0.15, 0.2) is 0 Å². The van der Waals surface area contributed by atoms with Gasteiger partial charge in [0.05, 0.1) is 5.56 Å². The summed E-state index contributed by atoms with van der Waals surface area (Å²) in [5.74, 6) is -0.425. The molecule has 0 aliphatic rings. The summed E-state index contributed by atoms with van der Waals surface area (Å²) in [6.45, 7) is 2.04. The van der Waals surface area contributed by atoms with Gasteiger partial charge in [-0.25, -0.2) is 4.98 Å². The lowest BCUT2D eigenvalue weighted by atomic mass is 10.1. The molecule has 0 aromatic carbocycles. The predicted octanol–water partition coefficient (Wildman–Crippen LogP) is 1.22. The first kappa shape index (κ1) is 8.74. The van der Waals surface area contributed by atoms with Gasteiger partial charge in [-0.1, -0.05) is 6.92 Å². The number of primary amides is 1. The molecule has 0 bridgehead atoms. The van der Waals surface area contributed by atoms with Crippen molar-refractivity contribution in [3.05, 3.63) is 29.6 Å². The number of nitrogens with two attached hydrogens (primary N) is 1.